The van der Waals surface area contributed by atoms with Gasteiger partial charge in [0, 0.05) is 0 Å². The van der Waals surface area contributed by atoms with Crippen molar-refractivity contribution in [1.29, 1.82) is 0 Å². The van der Waals surface area contributed by atoms with E-state index in [0.29, 0.717) is 0 Å². The quantitative estimate of drug-likeness (QED) is 0.405. The van der Waals surface area contributed by atoms with Gasteiger partial charge in [0.05, 0.1) is 0 Å². The van der Waals surface area contributed by atoms with Crippen molar-refractivity contribution < 1.29 is 4.79 Å². The van der Waals surface area contributed by atoms with Gasteiger partial charge in [0.25, 0.3) is 0 Å². The number of primary amides is 1. The van der Waals surface area contributed by atoms with Crippen LogP contribution in [0.15, 0.2) is 0 Å². The van der Waals surface area contributed by atoms with Gasteiger partial charge in [0.2, 0.25) is 0 Å². The third kappa shape index (κ3) is 5.49. The van der Waals surface area contributed by atoms with Crippen LogP contribution >= 0.6 is 0 Å². The van der Waals surface area contributed by atoms with E-state index in [2.05, 4.69) is 11.9 Å². The highest BCUT2D eigenvalue weighted by Gasteiger charge is 1.88. The Labute approximate surface area is 51.5 Å². The van der Waals surface area contributed by atoms with Gasteiger partial charge in [-0.25, -0.2) is 0 Å². The second-order valence-corrected chi connectivity index (χ2v) is 2.78. The summed E-state index contributed by atoms with van der Waals surface area (Å²) in [5, 5.41) is 0. The second kappa shape index (κ2) is 4.64. The first-order valence-electron chi connectivity index (χ1n) is 2.65. The van der Waals surface area contributed by atoms with Gasteiger partial charge < -0.3 is 10.7 Å². The van der Waals surface area contributed by atoms with Crippen molar-refractivity contribution in [3.63, 3.8) is 0 Å². The van der Waals surface area contributed by atoms with E-state index < -0.39 is 6.03 Å². The molecule has 0 unspecified atom stereocenters. The van der Waals surface area contributed by atoms with Crippen molar-refractivity contribution in [1.82, 2.24) is 4.98 Å². The molecule has 0 aromatic carbocycles. The average molecular weight is 131 g/mol. The molecule has 0 aromatic heterocycles. The first kappa shape index (κ1) is 7.49. The summed E-state index contributed by atoms with van der Waals surface area (Å²) in [6, 6.07) is 0.691. The first-order valence-corrected chi connectivity index (χ1v) is 4.04. The minimum atomic E-state index is -0.395. The predicted molar refractivity (Wildman–Crippen MR) is 35.0 cm³/mol. The Balaban J connectivity index is 2.82. The lowest BCUT2D eigenvalue weighted by molar-refractivity contribution is 0.253. The molecule has 0 spiro atoms. The van der Waals surface area contributed by atoms with Gasteiger partial charge in [-0.05, 0) is 6.04 Å². The number of hydrogen-bond acceptors (Lipinski definition) is 1. The molecule has 8 heavy (non-hydrogen) atoms. The molecule has 0 saturated heterocycles. The number of nitrogens with two attached hydrogens (primary N) is 1. The zero-order chi connectivity index (χ0) is 6.41. The molecule has 0 rings (SSSR count). The SMILES string of the molecule is CCC[SiH]NC(N)=O. The number of hydrogen-bond donors (Lipinski definition) is 2. The molecule has 0 aliphatic carbocycles. The molecule has 3 N–H and O–H groups in total. The van der Waals surface area contributed by atoms with Crippen LogP contribution < -0.4 is 10.7 Å². The van der Waals surface area contributed by atoms with Crippen molar-refractivity contribution in [2.75, 3.05) is 0 Å². The molecule has 0 atom stereocenters. The van der Waals surface area contributed by atoms with Crippen molar-refractivity contribution in [3.8, 4) is 0 Å². The van der Waals surface area contributed by atoms with Crippen LogP contribution in [0.3, 0.4) is 0 Å². The highest BCUT2D eigenvalue weighted by Crippen LogP contribution is 1.80. The van der Waals surface area contributed by atoms with Crippen molar-refractivity contribution in [3.05, 3.63) is 0 Å². The fraction of sp³-hybridized carbons (Fsp3) is 0.750. The third-order valence-electron chi connectivity index (χ3n) is 0.677. The zero-order valence-corrected chi connectivity index (χ0v) is 6.13. The molecule has 0 saturated carbocycles. The van der Waals surface area contributed by atoms with Gasteiger partial charge >= 0.3 is 6.03 Å². The second-order valence-electron chi connectivity index (χ2n) is 1.50. The lowest BCUT2D eigenvalue weighted by Crippen LogP contribution is -2.32. The predicted octanol–water partition coefficient (Wildman–Crippen LogP) is -0.166. The van der Waals surface area contributed by atoms with Crippen molar-refractivity contribution >= 4 is 15.7 Å². The third-order valence-corrected chi connectivity index (χ3v) is 2.03. The molecule has 0 fully saturated rings. The topological polar surface area (TPSA) is 55.1 Å². The molecule has 1 radical (unpaired) electrons. The summed E-state index contributed by atoms with van der Waals surface area (Å²) in [7, 11) is 0.0637. The molecule has 47 valence electrons. The van der Waals surface area contributed by atoms with E-state index in [9.17, 15) is 4.79 Å². The normalized spacial score (nSPS) is 8.62. The van der Waals surface area contributed by atoms with Crippen LogP contribution in [0.1, 0.15) is 13.3 Å². The summed E-state index contributed by atoms with van der Waals surface area (Å²) in [5.41, 5.74) is 4.80. The Morgan fingerprint density at radius 2 is 2.50 bits per heavy atom. The molecule has 0 aromatic rings. The summed E-state index contributed by atoms with van der Waals surface area (Å²) < 4.78 is 0. The van der Waals surface area contributed by atoms with Crippen LogP contribution in [-0.2, 0) is 0 Å². The monoisotopic (exact) mass is 131 g/mol. The number of nitrogens with one attached hydrogen (secondary N) is 1. The summed E-state index contributed by atoms with van der Waals surface area (Å²) >= 11 is 0. The van der Waals surface area contributed by atoms with Crippen LogP contribution in [0, 0.1) is 0 Å². The highest BCUT2D eigenvalue weighted by atomic mass is 28.2. The van der Waals surface area contributed by atoms with E-state index >= 15 is 0 Å². The molecule has 3 nitrogen and oxygen atoms in total. The van der Waals surface area contributed by atoms with Gasteiger partial charge in [-0.1, -0.05) is 13.3 Å². The molecule has 0 heterocycles. The van der Waals surface area contributed by atoms with Gasteiger partial charge in [-0.2, -0.15) is 0 Å². The molecule has 2 amide bonds. The molecular formula is C4H11N2OSi. The number of amides is 2. The molecule has 4 heteroatoms. The summed E-state index contributed by atoms with van der Waals surface area (Å²) in [5.74, 6) is 0. The van der Waals surface area contributed by atoms with Crippen molar-refractivity contribution in [2.45, 2.75) is 19.4 Å². The zero-order valence-electron chi connectivity index (χ0n) is 4.98. The maximum Gasteiger partial charge on any atom is 0.303 e. The lowest BCUT2D eigenvalue weighted by atomic mass is 10.6. The molecular weight excluding hydrogens is 120 g/mol. The van der Waals surface area contributed by atoms with Gasteiger partial charge in [0.1, 0.15) is 0 Å². The molecule has 0 aliphatic rings. The molecule has 0 aliphatic heterocycles. The maximum atomic E-state index is 10.0. The number of rotatable bonds is 3. The first-order chi connectivity index (χ1) is 3.77. The van der Waals surface area contributed by atoms with E-state index in [-0.39, 0.29) is 9.68 Å². The largest absolute Gasteiger partial charge is 0.368 e. The van der Waals surface area contributed by atoms with E-state index in [0.717, 1.165) is 12.5 Å². The van der Waals surface area contributed by atoms with E-state index in [1.165, 1.54) is 0 Å². The summed E-state index contributed by atoms with van der Waals surface area (Å²) in [6.07, 6.45) is 1.12. The smallest absolute Gasteiger partial charge is 0.303 e. The minimum Gasteiger partial charge on any atom is -0.368 e. The van der Waals surface area contributed by atoms with Crippen LogP contribution in [0.2, 0.25) is 6.04 Å². The fourth-order valence-corrected chi connectivity index (χ4v) is 0.951. The van der Waals surface area contributed by atoms with Crippen molar-refractivity contribution in [2.24, 2.45) is 5.73 Å². The van der Waals surface area contributed by atoms with E-state index in [1.54, 1.807) is 0 Å². The van der Waals surface area contributed by atoms with Crippen LogP contribution in [-0.4, -0.2) is 15.7 Å². The minimum absolute atomic E-state index is 0.0637. The van der Waals surface area contributed by atoms with Gasteiger partial charge in [-0.3, -0.25) is 4.79 Å². The Kier molecular flexibility index (Phi) is 4.34. The van der Waals surface area contributed by atoms with Crippen LogP contribution in [0.4, 0.5) is 4.79 Å². The van der Waals surface area contributed by atoms with Gasteiger partial charge in [0.15, 0.2) is 9.68 Å². The fourth-order valence-electron chi connectivity index (χ4n) is 0.317. The maximum absolute atomic E-state index is 10.0. The summed E-state index contributed by atoms with van der Waals surface area (Å²) in [4.78, 5) is 12.6. The summed E-state index contributed by atoms with van der Waals surface area (Å²) in [6.45, 7) is 2.08. The Morgan fingerprint density at radius 1 is 1.88 bits per heavy atom. The number of carbonyl (C=O) groups excluding carboxylic acids is 1. The lowest BCUT2D eigenvalue weighted by Gasteiger charge is -1.94. The Hall–Kier alpha value is -0.513. The van der Waals surface area contributed by atoms with E-state index in [4.69, 9.17) is 5.73 Å². The number of carbonyl (C=O) groups is 1. The Bertz CT molecular complexity index is 76.4. The van der Waals surface area contributed by atoms with Crippen LogP contribution in [0.25, 0.3) is 0 Å². The van der Waals surface area contributed by atoms with Gasteiger partial charge in [-0.15, -0.1) is 0 Å². The average Bonchev–Trinajstić information content (AvgIpc) is 1.66. The molecule has 0 bridgehead atoms. The van der Waals surface area contributed by atoms with Crippen LogP contribution in [0.5, 0.6) is 0 Å². The Morgan fingerprint density at radius 3 is 2.88 bits per heavy atom. The standard InChI is InChI=1S/C4H11N2OSi/c1-2-3-8-6-4(5)7/h8H,2-3H2,1H3,(H3,5,6,7). The highest BCUT2D eigenvalue weighted by molar-refractivity contribution is 6.36. The van der Waals surface area contributed by atoms with E-state index in [1.807, 2.05) is 0 Å². The number of urea groups is 1.